The summed E-state index contributed by atoms with van der Waals surface area (Å²) in [6, 6.07) is 0. The summed E-state index contributed by atoms with van der Waals surface area (Å²) in [5.41, 5.74) is 0. The number of hydrogen-bond acceptors (Lipinski definition) is 4. The topological polar surface area (TPSA) is 36.9 Å². The third kappa shape index (κ3) is 2.66. The fourth-order valence-corrected chi connectivity index (χ4v) is 2.52. The van der Waals surface area contributed by atoms with Crippen molar-refractivity contribution in [2.75, 3.05) is 13.3 Å². The molecule has 4 atom stereocenters. The molecule has 2 fully saturated rings. The van der Waals surface area contributed by atoms with E-state index in [4.69, 9.17) is 18.9 Å². The van der Waals surface area contributed by atoms with Gasteiger partial charge in [0.1, 0.15) is 37.8 Å². The Morgan fingerprint density at radius 1 is 0.722 bits per heavy atom. The molecule has 0 amide bonds. The smallest absolute Gasteiger partial charge is 0.164 e. The summed E-state index contributed by atoms with van der Waals surface area (Å²) in [7, 11) is 0. The van der Waals surface area contributed by atoms with Crippen LogP contribution in [0.25, 0.3) is 0 Å². The zero-order chi connectivity index (χ0) is 13.6. The van der Waals surface area contributed by atoms with Crippen molar-refractivity contribution in [3.63, 3.8) is 0 Å². The van der Waals surface area contributed by atoms with E-state index in [0.29, 0.717) is 0 Å². The zero-order valence-corrected chi connectivity index (χ0v) is 11.1. The molecule has 2 aliphatic heterocycles. The molecule has 0 aromatic heterocycles. The van der Waals surface area contributed by atoms with E-state index in [0.717, 1.165) is 0 Å². The number of rotatable bonds is 2. The molecule has 2 saturated heterocycles. The van der Waals surface area contributed by atoms with Gasteiger partial charge in [-0.25, -0.2) is 8.78 Å². The molecule has 0 radical (unpaired) electrons. The van der Waals surface area contributed by atoms with Crippen molar-refractivity contribution in [3.05, 3.63) is 0 Å². The van der Waals surface area contributed by atoms with Gasteiger partial charge in [-0.3, -0.25) is 0 Å². The van der Waals surface area contributed by atoms with Gasteiger partial charge in [0, 0.05) is 0 Å². The van der Waals surface area contributed by atoms with E-state index in [9.17, 15) is 8.78 Å². The van der Waals surface area contributed by atoms with Gasteiger partial charge in [-0.15, -0.1) is 0 Å². The van der Waals surface area contributed by atoms with Crippen LogP contribution >= 0.6 is 0 Å². The molecule has 18 heavy (non-hydrogen) atoms. The van der Waals surface area contributed by atoms with Crippen molar-refractivity contribution >= 4 is 0 Å². The van der Waals surface area contributed by atoms with Crippen molar-refractivity contribution < 1.29 is 27.7 Å². The Bertz CT molecular complexity index is 278. The molecule has 4 unspecified atom stereocenters. The van der Waals surface area contributed by atoms with E-state index < -0.39 is 49.3 Å². The Morgan fingerprint density at radius 2 is 1.06 bits per heavy atom. The highest BCUT2D eigenvalue weighted by Gasteiger charge is 2.53. The Hall–Kier alpha value is -0.300. The summed E-state index contributed by atoms with van der Waals surface area (Å²) in [5.74, 6) is -1.95. The molecular weight excluding hydrogens is 246 g/mol. The highest BCUT2D eigenvalue weighted by molar-refractivity contribution is 4.94. The Balaban J connectivity index is 2.24. The summed E-state index contributed by atoms with van der Waals surface area (Å²) in [6.45, 7) is 5.26. The number of hydrogen-bond donors (Lipinski definition) is 0. The zero-order valence-electron chi connectivity index (χ0n) is 11.1. The van der Waals surface area contributed by atoms with Crippen molar-refractivity contribution in [1.82, 2.24) is 0 Å². The van der Waals surface area contributed by atoms with Gasteiger partial charge in [0.25, 0.3) is 0 Å². The average molecular weight is 266 g/mol. The Morgan fingerprint density at radius 3 is 1.33 bits per heavy atom. The molecule has 106 valence electrons. The monoisotopic (exact) mass is 266 g/mol. The van der Waals surface area contributed by atoms with Crippen LogP contribution in [0.1, 0.15) is 27.7 Å². The van der Waals surface area contributed by atoms with Crippen LogP contribution in [0.15, 0.2) is 0 Å². The number of ether oxygens (including phenoxy) is 4. The fraction of sp³-hybridized carbons (Fsp3) is 1.00. The van der Waals surface area contributed by atoms with E-state index in [1.807, 2.05) is 0 Å². The third-order valence-electron chi connectivity index (χ3n) is 3.07. The quantitative estimate of drug-likeness (QED) is 0.765. The van der Waals surface area contributed by atoms with Crippen LogP contribution in [0.4, 0.5) is 8.78 Å². The summed E-state index contributed by atoms with van der Waals surface area (Å²) in [5, 5.41) is 0. The minimum Gasteiger partial charge on any atom is -0.342 e. The SMILES string of the molecule is CC1(C)OC(CF)C2OC(C)(C)OC(CF)C2O1. The minimum atomic E-state index is -0.973. The maximum absolute atomic E-state index is 13.1. The van der Waals surface area contributed by atoms with Crippen molar-refractivity contribution in [3.8, 4) is 0 Å². The molecule has 2 rings (SSSR count). The highest BCUT2D eigenvalue weighted by Crippen LogP contribution is 2.38. The van der Waals surface area contributed by atoms with E-state index in [2.05, 4.69) is 0 Å². The van der Waals surface area contributed by atoms with E-state index in [1.165, 1.54) is 0 Å². The van der Waals surface area contributed by atoms with Crippen LogP contribution in [0, 0.1) is 0 Å². The second kappa shape index (κ2) is 4.67. The minimum absolute atomic E-state index is 0.660. The first kappa shape index (κ1) is 14.1. The molecule has 0 N–H and O–H groups in total. The van der Waals surface area contributed by atoms with Crippen LogP contribution in [0.5, 0.6) is 0 Å². The molecule has 2 heterocycles. The van der Waals surface area contributed by atoms with Gasteiger partial charge in [0.2, 0.25) is 0 Å². The van der Waals surface area contributed by atoms with E-state index >= 15 is 0 Å². The lowest BCUT2D eigenvalue weighted by Gasteiger charge is -2.52. The van der Waals surface area contributed by atoms with E-state index in [1.54, 1.807) is 27.7 Å². The first-order valence-electron chi connectivity index (χ1n) is 6.11. The van der Waals surface area contributed by atoms with Gasteiger partial charge >= 0.3 is 0 Å². The molecule has 0 bridgehead atoms. The Kier molecular flexibility index (Phi) is 3.66. The molecule has 0 aromatic rings. The van der Waals surface area contributed by atoms with Crippen LogP contribution < -0.4 is 0 Å². The van der Waals surface area contributed by atoms with Gasteiger partial charge in [-0.2, -0.15) is 0 Å². The second-order valence-corrected chi connectivity index (χ2v) is 5.59. The summed E-state index contributed by atoms with van der Waals surface area (Å²) in [4.78, 5) is 0. The summed E-state index contributed by atoms with van der Waals surface area (Å²) < 4.78 is 48.4. The molecule has 0 aromatic carbocycles. The van der Waals surface area contributed by atoms with Gasteiger partial charge in [0.15, 0.2) is 11.6 Å². The lowest BCUT2D eigenvalue weighted by atomic mass is 9.98. The molecule has 6 heteroatoms. The Labute approximate surface area is 106 Å². The molecule has 2 aliphatic rings. The molecule has 0 spiro atoms. The molecule has 0 aliphatic carbocycles. The standard InChI is InChI=1S/C12H20F2O4/c1-11(2)15-7(5-13)10-9(17-11)8(6-14)16-12(3,4)18-10/h7-10H,5-6H2,1-4H3. The van der Waals surface area contributed by atoms with Crippen molar-refractivity contribution in [1.29, 1.82) is 0 Å². The maximum Gasteiger partial charge on any atom is 0.164 e. The van der Waals surface area contributed by atoms with Crippen molar-refractivity contribution in [2.45, 2.75) is 63.7 Å². The van der Waals surface area contributed by atoms with Gasteiger partial charge in [0.05, 0.1) is 0 Å². The van der Waals surface area contributed by atoms with Gasteiger partial charge in [-0.05, 0) is 27.7 Å². The number of alkyl halides is 2. The number of fused-ring (bicyclic) bond motifs is 1. The normalized spacial score (nSPS) is 42.3. The molecule has 0 saturated carbocycles. The van der Waals surface area contributed by atoms with Crippen molar-refractivity contribution in [2.24, 2.45) is 0 Å². The maximum atomic E-state index is 13.1. The molecular formula is C12H20F2O4. The summed E-state index contributed by atoms with van der Waals surface area (Å²) >= 11 is 0. The van der Waals surface area contributed by atoms with Gasteiger partial charge in [-0.1, -0.05) is 0 Å². The second-order valence-electron chi connectivity index (χ2n) is 5.59. The fourth-order valence-electron chi connectivity index (χ4n) is 2.52. The van der Waals surface area contributed by atoms with Crippen LogP contribution in [-0.4, -0.2) is 49.3 Å². The third-order valence-corrected chi connectivity index (χ3v) is 3.07. The highest BCUT2D eigenvalue weighted by atomic mass is 19.1. The van der Waals surface area contributed by atoms with Crippen LogP contribution in [0.2, 0.25) is 0 Å². The van der Waals surface area contributed by atoms with Crippen LogP contribution in [0.3, 0.4) is 0 Å². The predicted molar refractivity (Wildman–Crippen MR) is 59.6 cm³/mol. The molecule has 4 nitrogen and oxygen atoms in total. The first-order chi connectivity index (χ1) is 8.28. The first-order valence-corrected chi connectivity index (χ1v) is 6.11. The van der Waals surface area contributed by atoms with Crippen LogP contribution in [-0.2, 0) is 18.9 Å². The lowest BCUT2D eigenvalue weighted by Crippen LogP contribution is -2.66. The lowest BCUT2D eigenvalue weighted by molar-refractivity contribution is -0.424. The number of halogens is 2. The predicted octanol–water partition coefficient (Wildman–Crippen LogP) is 1.97. The van der Waals surface area contributed by atoms with E-state index in [-0.39, 0.29) is 0 Å². The van der Waals surface area contributed by atoms with Gasteiger partial charge < -0.3 is 18.9 Å². The largest absolute Gasteiger partial charge is 0.342 e. The summed E-state index contributed by atoms with van der Waals surface area (Å²) in [6.07, 6.45) is -2.85. The average Bonchev–Trinajstić information content (AvgIpc) is 2.26.